The van der Waals surface area contributed by atoms with Crippen LogP contribution in [0.3, 0.4) is 0 Å². The maximum absolute atomic E-state index is 12.0. The lowest BCUT2D eigenvalue weighted by atomic mass is 10.1. The van der Waals surface area contributed by atoms with E-state index in [0.29, 0.717) is 12.8 Å². The summed E-state index contributed by atoms with van der Waals surface area (Å²) in [6.07, 6.45) is 19.9. The summed E-state index contributed by atoms with van der Waals surface area (Å²) >= 11 is 0. The summed E-state index contributed by atoms with van der Waals surface area (Å²) in [5.74, 6) is 2.90. The zero-order valence-electron chi connectivity index (χ0n) is 14.6. The second-order valence-electron chi connectivity index (χ2n) is 4.97. The molecule has 1 amide bonds. The maximum Gasteiger partial charge on any atom is 0.223 e. The summed E-state index contributed by atoms with van der Waals surface area (Å²) in [4.78, 5) is 14.0. The van der Waals surface area contributed by atoms with E-state index >= 15 is 0 Å². The first-order chi connectivity index (χ1) is 10.7. The SMILES string of the molecule is C#CC/C=C(\C=C/C)CCN1C(=O)CCC1/C=C/CC.CC. The molecule has 2 heteroatoms. The van der Waals surface area contributed by atoms with Crippen molar-refractivity contribution >= 4 is 5.91 Å². The van der Waals surface area contributed by atoms with Gasteiger partial charge < -0.3 is 4.90 Å². The highest BCUT2D eigenvalue weighted by Gasteiger charge is 2.28. The molecule has 0 spiro atoms. The fourth-order valence-electron chi connectivity index (χ4n) is 2.45. The van der Waals surface area contributed by atoms with Crippen molar-refractivity contribution in [3.8, 4) is 12.3 Å². The Morgan fingerprint density at radius 2 is 2.18 bits per heavy atom. The Labute approximate surface area is 137 Å². The molecule has 2 nitrogen and oxygen atoms in total. The van der Waals surface area contributed by atoms with Crippen molar-refractivity contribution in [1.82, 2.24) is 4.90 Å². The molecule has 1 rings (SSSR count). The van der Waals surface area contributed by atoms with Crippen LogP contribution in [0.2, 0.25) is 0 Å². The molecule has 0 N–H and O–H groups in total. The molecule has 1 aliphatic rings. The van der Waals surface area contributed by atoms with Crippen molar-refractivity contribution in [2.24, 2.45) is 0 Å². The standard InChI is InChI=1S/C18H25NO.C2H6/c1-4-7-10-16(9-6-3)14-15-19-17(11-8-5-2)12-13-18(19)20;1-2/h1,6,8-11,17H,5,7,12-15H2,2-3H3;1-2H3/b9-6-,11-8+,16-10+;. The number of terminal acetylenes is 1. The van der Waals surface area contributed by atoms with E-state index in [4.69, 9.17) is 6.42 Å². The van der Waals surface area contributed by atoms with Crippen LogP contribution < -0.4 is 0 Å². The first kappa shape index (κ1) is 20.2. The van der Waals surface area contributed by atoms with Crippen molar-refractivity contribution < 1.29 is 4.79 Å². The number of nitrogens with zero attached hydrogens (tertiary/aromatic N) is 1. The average molecular weight is 301 g/mol. The number of likely N-dealkylation sites (tertiary alicyclic amines) is 1. The molecule has 0 aromatic heterocycles. The number of carbonyl (C=O) groups is 1. The van der Waals surface area contributed by atoms with Crippen molar-refractivity contribution in [1.29, 1.82) is 0 Å². The van der Waals surface area contributed by atoms with E-state index < -0.39 is 0 Å². The molecule has 0 bridgehead atoms. The summed E-state index contributed by atoms with van der Waals surface area (Å²) in [6, 6.07) is 0.280. The smallest absolute Gasteiger partial charge is 0.223 e. The van der Waals surface area contributed by atoms with Crippen LogP contribution in [0.25, 0.3) is 0 Å². The topological polar surface area (TPSA) is 20.3 Å². The molecule has 1 atom stereocenters. The molecule has 0 saturated carbocycles. The maximum atomic E-state index is 12.0. The van der Waals surface area contributed by atoms with Gasteiger partial charge in [-0.2, -0.15) is 0 Å². The molecule has 1 heterocycles. The number of carbonyl (C=O) groups excluding carboxylic acids is 1. The van der Waals surface area contributed by atoms with E-state index in [1.165, 1.54) is 5.57 Å². The van der Waals surface area contributed by atoms with E-state index in [-0.39, 0.29) is 11.9 Å². The van der Waals surface area contributed by atoms with Gasteiger partial charge in [0.2, 0.25) is 5.91 Å². The monoisotopic (exact) mass is 301 g/mol. The van der Waals surface area contributed by atoms with Crippen molar-refractivity contribution in [2.45, 2.75) is 65.8 Å². The van der Waals surface area contributed by atoms with Crippen LogP contribution in [0.15, 0.2) is 36.0 Å². The highest BCUT2D eigenvalue weighted by Crippen LogP contribution is 2.21. The highest BCUT2D eigenvalue weighted by molar-refractivity contribution is 5.79. The van der Waals surface area contributed by atoms with Gasteiger partial charge in [0.1, 0.15) is 0 Å². The molecular formula is C20H31NO. The van der Waals surface area contributed by atoms with E-state index in [2.05, 4.69) is 37.1 Å². The van der Waals surface area contributed by atoms with Crippen LogP contribution in [-0.2, 0) is 4.79 Å². The molecule has 22 heavy (non-hydrogen) atoms. The van der Waals surface area contributed by atoms with Gasteiger partial charge in [-0.15, -0.1) is 12.3 Å². The van der Waals surface area contributed by atoms with Gasteiger partial charge in [-0.3, -0.25) is 4.79 Å². The molecule has 1 fully saturated rings. The minimum absolute atomic E-state index is 0.271. The molecule has 1 saturated heterocycles. The second-order valence-corrected chi connectivity index (χ2v) is 4.97. The third kappa shape index (κ3) is 7.31. The average Bonchev–Trinajstić information content (AvgIpc) is 2.90. The first-order valence-corrected chi connectivity index (χ1v) is 8.44. The largest absolute Gasteiger partial charge is 0.336 e. The Morgan fingerprint density at radius 1 is 1.45 bits per heavy atom. The predicted octanol–water partition coefficient (Wildman–Crippen LogP) is 4.89. The fraction of sp³-hybridized carbons (Fsp3) is 0.550. The third-order valence-electron chi connectivity index (χ3n) is 3.47. The zero-order valence-corrected chi connectivity index (χ0v) is 14.6. The van der Waals surface area contributed by atoms with Crippen LogP contribution in [-0.4, -0.2) is 23.4 Å². The molecule has 0 aromatic carbocycles. The van der Waals surface area contributed by atoms with Gasteiger partial charge in [-0.05, 0) is 31.8 Å². The minimum Gasteiger partial charge on any atom is -0.336 e. The summed E-state index contributed by atoms with van der Waals surface area (Å²) < 4.78 is 0. The lowest BCUT2D eigenvalue weighted by Gasteiger charge is -2.22. The molecule has 0 aromatic rings. The first-order valence-electron chi connectivity index (χ1n) is 8.44. The van der Waals surface area contributed by atoms with Crippen LogP contribution >= 0.6 is 0 Å². The fourth-order valence-corrected chi connectivity index (χ4v) is 2.45. The quantitative estimate of drug-likeness (QED) is 0.372. The van der Waals surface area contributed by atoms with E-state index in [1.54, 1.807) is 0 Å². The summed E-state index contributed by atoms with van der Waals surface area (Å²) in [5.41, 5.74) is 1.21. The Morgan fingerprint density at radius 3 is 2.77 bits per heavy atom. The van der Waals surface area contributed by atoms with Crippen LogP contribution in [0.1, 0.15) is 59.8 Å². The van der Waals surface area contributed by atoms with Crippen LogP contribution in [0.5, 0.6) is 0 Å². The summed E-state index contributed by atoms with van der Waals surface area (Å²) in [6.45, 7) is 8.89. The van der Waals surface area contributed by atoms with Gasteiger partial charge in [-0.1, -0.05) is 51.2 Å². The van der Waals surface area contributed by atoms with Crippen LogP contribution in [0, 0.1) is 12.3 Å². The molecule has 122 valence electrons. The predicted molar refractivity (Wildman–Crippen MR) is 96.5 cm³/mol. The van der Waals surface area contributed by atoms with Crippen molar-refractivity contribution in [3.63, 3.8) is 0 Å². The number of allylic oxidation sites excluding steroid dienone is 4. The van der Waals surface area contributed by atoms with Crippen molar-refractivity contribution in [3.05, 3.63) is 36.0 Å². The number of rotatable bonds is 7. The Hall–Kier alpha value is -1.75. The van der Waals surface area contributed by atoms with Gasteiger partial charge in [-0.25, -0.2) is 0 Å². The molecule has 1 unspecified atom stereocenters. The normalized spacial score (nSPS) is 18.7. The Kier molecular flexibility index (Phi) is 11.9. The second kappa shape index (κ2) is 13.0. The van der Waals surface area contributed by atoms with Gasteiger partial charge in [0.15, 0.2) is 0 Å². The number of amides is 1. The number of hydrogen-bond donors (Lipinski definition) is 0. The van der Waals surface area contributed by atoms with Gasteiger partial charge in [0, 0.05) is 19.4 Å². The third-order valence-corrected chi connectivity index (χ3v) is 3.47. The number of hydrogen-bond acceptors (Lipinski definition) is 1. The van der Waals surface area contributed by atoms with Gasteiger partial charge in [0.25, 0.3) is 0 Å². The summed E-state index contributed by atoms with van der Waals surface area (Å²) in [7, 11) is 0. The molecule has 0 aliphatic carbocycles. The van der Waals surface area contributed by atoms with Crippen molar-refractivity contribution in [2.75, 3.05) is 6.54 Å². The van der Waals surface area contributed by atoms with Gasteiger partial charge >= 0.3 is 0 Å². The lowest BCUT2D eigenvalue weighted by molar-refractivity contribution is -0.128. The molecule has 0 radical (unpaired) electrons. The minimum atomic E-state index is 0.271. The Bertz CT molecular complexity index is 437. The van der Waals surface area contributed by atoms with Crippen LogP contribution in [0.4, 0.5) is 0 Å². The molecule has 1 aliphatic heterocycles. The summed E-state index contributed by atoms with van der Waals surface area (Å²) in [5, 5.41) is 0. The molecular weight excluding hydrogens is 270 g/mol. The van der Waals surface area contributed by atoms with Gasteiger partial charge in [0.05, 0.1) is 6.04 Å². The van der Waals surface area contributed by atoms with E-state index in [0.717, 1.165) is 25.8 Å². The Balaban J connectivity index is 0.00000211. The highest BCUT2D eigenvalue weighted by atomic mass is 16.2. The van der Waals surface area contributed by atoms with E-state index in [1.807, 2.05) is 31.7 Å². The van der Waals surface area contributed by atoms with E-state index in [9.17, 15) is 4.79 Å². The lowest BCUT2D eigenvalue weighted by Crippen LogP contribution is -2.32. The zero-order chi connectivity index (χ0) is 16.8.